The van der Waals surface area contributed by atoms with Crippen LogP contribution < -0.4 is 5.32 Å². The number of aryl methyl sites for hydroxylation is 1. The Balaban J connectivity index is 1.55. The Kier molecular flexibility index (Phi) is 5.76. The fourth-order valence-electron chi connectivity index (χ4n) is 4.00. The number of halogens is 1. The van der Waals surface area contributed by atoms with Crippen molar-refractivity contribution in [1.82, 2.24) is 10.2 Å². The summed E-state index contributed by atoms with van der Waals surface area (Å²) in [5.74, 6) is 0.0720. The molecule has 1 saturated heterocycles. The molecular weight excluding hydrogens is 352 g/mol. The highest BCUT2D eigenvalue weighted by Crippen LogP contribution is 2.25. The van der Waals surface area contributed by atoms with Gasteiger partial charge >= 0.3 is 0 Å². The second-order valence-corrected chi connectivity index (χ2v) is 7.97. The van der Waals surface area contributed by atoms with Crippen LogP contribution in [0.25, 0.3) is 0 Å². The first-order valence-electron chi connectivity index (χ1n) is 8.94. The fourth-order valence-corrected chi connectivity index (χ4v) is 4.48. The van der Waals surface area contributed by atoms with E-state index < -0.39 is 0 Å². The molecule has 1 atom stereocenters. The molecule has 1 unspecified atom stereocenters. The quantitative estimate of drug-likeness (QED) is 0.795. The van der Waals surface area contributed by atoms with Crippen LogP contribution in [0.3, 0.4) is 0 Å². The molecule has 0 spiro atoms. The second-order valence-electron chi connectivity index (χ2n) is 7.06. The van der Waals surface area contributed by atoms with Crippen LogP contribution in [0, 0.1) is 6.92 Å². The molecule has 1 aromatic rings. The molecule has 4 heteroatoms. The summed E-state index contributed by atoms with van der Waals surface area (Å²) < 4.78 is 1.02. The van der Waals surface area contributed by atoms with Gasteiger partial charge in [0.25, 0.3) is 5.91 Å². The lowest BCUT2D eigenvalue weighted by molar-refractivity contribution is 0.0935. The lowest BCUT2D eigenvalue weighted by Crippen LogP contribution is -2.40. The highest BCUT2D eigenvalue weighted by atomic mass is 79.9. The topological polar surface area (TPSA) is 32.3 Å². The van der Waals surface area contributed by atoms with Crippen molar-refractivity contribution in [3.8, 4) is 0 Å². The van der Waals surface area contributed by atoms with Crippen LogP contribution in [0.2, 0.25) is 0 Å². The first-order chi connectivity index (χ1) is 11.1. The van der Waals surface area contributed by atoms with Crippen molar-refractivity contribution >= 4 is 21.8 Å². The van der Waals surface area contributed by atoms with Crippen LogP contribution >= 0.6 is 15.9 Å². The van der Waals surface area contributed by atoms with Crippen LogP contribution in [0.5, 0.6) is 0 Å². The van der Waals surface area contributed by atoms with Gasteiger partial charge in [-0.3, -0.25) is 9.69 Å². The molecule has 1 aromatic carbocycles. The smallest absolute Gasteiger partial charge is 0.251 e. The Morgan fingerprint density at radius 3 is 2.61 bits per heavy atom. The van der Waals surface area contributed by atoms with Gasteiger partial charge in [-0.2, -0.15) is 0 Å². The highest BCUT2D eigenvalue weighted by Gasteiger charge is 2.29. The van der Waals surface area contributed by atoms with E-state index in [1.54, 1.807) is 0 Å². The van der Waals surface area contributed by atoms with Crippen molar-refractivity contribution in [2.24, 2.45) is 0 Å². The predicted octanol–water partition coefficient (Wildman–Crippen LogP) is 4.28. The summed E-state index contributed by atoms with van der Waals surface area (Å²) in [5, 5.41) is 3.24. The number of nitrogens with one attached hydrogen (secondary N) is 1. The van der Waals surface area contributed by atoms with E-state index in [4.69, 9.17) is 0 Å². The normalized spacial score (nSPS) is 23.7. The third-order valence-corrected chi connectivity index (χ3v) is 5.82. The summed E-state index contributed by atoms with van der Waals surface area (Å²) >= 11 is 3.45. The van der Waals surface area contributed by atoms with E-state index in [9.17, 15) is 4.79 Å². The molecule has 2 fully saturated rings. The van der Waals surface area contributed by atoms with Gasteiger partial charge in [-0.1, -0.05) is 41.6 Å². The van der Waals surface area contributed by atoms with Gasteiger partial charge < -0.3 is 5.32 Å². The molecule has 3 nitrogen and oxygen atoms in total. The summed E-state index contributed by atoms with van der Waals surface area (Å²) in [6.07, 6.45) is 9.30. The van der Waals surface area contributed by atoms with Gasteiger partial charge in [0.1, 0.15) is 0 Å². The lowest BCUT2D eigenvalue weighted by Gasteiger charge is -2.26. The van der Waals surface area contributed by atoms with Crippen LogP contribution in [-0.4, -0.2) is 36.0 Å². The Morgan fingerprint density at radius 2 is 1.91 bits per heavy atom. The van der Waals surface area contributed by atoms with E-state index >= 15 is 0 Å². The van der Waals surface area contributed by atoms with E-state index in [2.05, 4.69) is 26.1 Å². The molecule has 23 heavy (non-hydrogen) atoms. The van der Waals surface area contributed by atoms with Gasteiger partial charge in [0.05, 0.1) is 0 Å². The number of rotatable bonds is 3. The Morgan fingerprint density at radius 1 is 1.17 bits per heavy atom. The summed E-state index contributed by atoms with van der Waals surface area (Å²) in [7, 11) is 0. The molecule has 3 rings (SSSR count). The van der Waals surface area contributed by atoms with Crippen LogP contribution in [0.1, 0.15) is 60.9 Å². The molecule has 126 valence electrons. The summed E-state index contributed by atoms with van der Waals surface area (Å²) in [4.78, 5) is 15.1. The van der Waals surface area contributed by atoms with Crippen LogP contribution in [0.15, 0.2) is 22.7 Å². The molecule has 1 N–H and O–H groups in total. The van der Waals surface area contributed by atoms with E-state index in [-0.39, 0.29) is 5.91 Å². The minimum absolute atomic E-state index is 0.0720. The van der Waals surface area contributed by atoms with Gasteiger partial charge in [-0.05, 0) is 49.9 Å². The molecule has 0 bridgehead atoms. The minimum Gasteiger partial charge on any atom is -0.348 e. The Labute approximate surface area is 148 Å². The zero-order valence-electron chi connectivity index (χ0n) is 14.0. The number of carbonyl (C=O) groups is 1. The first kappa shape index (κ1) is 17.0. The number of hydrogen-bond acceptors (Lipinski definition) is 2. The minimum atomic E-state index is 0.0720. The molecule has 0 radical (unpaired) electrons. The van der Waals surface area contributed by atoms with E-state index in [1.165, 1.54) is 38.5 Å². The van der Waals surface area contributed by atoms with Crippen LogP contribution in [-0.2, 0) is 0 Å². The fraction of sp³-hybridized carbons (Fsp3) is 0.632. The van der Waals surface area contributed by atoms with Gasteiger partial charge in [0.15, 0.2) is 0 Å². The zero-order chi connectivity index (χ0) is 16.2. The van der Waals surface area contributed by atoms with Crippen molar-refractivity contribution in [3.63, 3.8) is 0 Å². The molecule has 2 aliphatic rings. The van der Waals surface area contributed by atoms with Gasteiger partial charge in [-0.25, -0.2) is 0 Å². The number of amides is 1. The van der Waals surface area contributed by atoms with Gasteiger partial charge in [-0.15, -0.1) is 0 Å². The Hall–Kier alpha value is -0.870. The van der Waals surface area contributed by atoms with Crippen molar-refractivity contribution in [2.45, 2.75) is 64.0 Å². The molecule has 1 aliphatic heterocycles. The first-order valence-corrected chi connectivity index (χ1v) is 9.74. The highest BCUT2D eigenvalue weighted by molar-refractivity contribution is 9.10. The molecule has 1 saturated carbocycles. The molecule has 1 aliphatic carbocycles. The van der Waals surface area contributed by atoms with Crippen LogP contribution in [0.4, 0.5) is 0 Å². The monoisotopic (exact) mass is 378 g/mol. The second kappa shape index (κ2) is 7.80. The zero-order valence-corrected chi connectivity index (χ0v) is 15.6. The van der Waals surface area contributed by atoms with Gasteiger partial charge in [0, 0.05) is 35.2 Å². The SMILES string of the molecule is Cc1cc(Br)ccc1C(=O)NC1CCN(C2CCCCCC2)C1. The number of benzene rings is 1. The summed E-state index contributed by atoms with van der Waals surface area (Å²) in [6, 6.07) is 6.89. The average molecular weight is 379 g/mol. The predicted molar refractivity (Wildman–Crippen MR) is 97.8 cm³/mol. The average Bonchev–Trinajstić information content (AvgIpc) is 2.81. The number of hydrogen-bond donors (Lipinski definition) is 1. The standard InChI is InChI=1S/C19H27BrN2O/c1-14-12-15(20)8-9-18(14)19(23)21-16-10-11-22(13-16)17-6-4-2-3-5-7-17/h8-9,12,16-17H,2-7,10-11,13H2,1H3,(H,21,23). The Bertz CT molecular complexity index is 552. The van der Waals surface area contributed by atoms with E-state index in [1.807, 2.05) is 25.1 Å². The molecule has 0 aromatic heterocycles. The number of carbonyl (C=O) groups excluding carboxylic acids is 1. The number of likely N-dealkylation sites (tertiary alicyclic amines) is 1. The molecular formula is C19H27BrN2O. The maximum atomic E-state index is 12.5. The lowest BCUT2D eigenvalue weighted by atomic mass is 10.1. The van der Waals surface area contributed by atoms with E-state index in [0.717, 1.165) is 41.2 Å². The maximum Gasteiger partial charge on any atom is 0.251 e. The molecule has 1 heterocycles. The number of nitrogens with zero attached hydrogens (tertiary/aromatic N) is 1. The van der Waals surface area contributed by atoms with Crippen molar-refractivity contribution < 1.29 is 4.79 Å². The molecule has 1 amide bonds. The largest absolute Gasteiger partial charge is 0.348 e. The van der Waals surface area contributed by atoms with Crippen molar-refractivity contribution in [3.05, 3.63) is 33.8 Å². The van der Waals surface area contributed by atoms with Gasteiger partial charge in [0.2, 0.25) is 0 Å². The summed E-state index contributed by atoms with van der Waals surface area (Å²) in [5.41, 5.74) is 1.82. The third kappa shape index (κ3) is 4.36. The van der Waals surface area contributed by atoms with Crippen molar-refractivity contribution in [1.29, 1.82) is 0 Å². The van der Waals surface area contributed by atoms with Crippen molar-refractivity contribution in [2.75, 3.05) is 13.1 Å². The third-order valence-electron chi connectivity index (χ3n) is 5.33. The maximum absolute atomic E-state index is 12.5. The summed E-state index contributed by atoms with van der Waals surface area (Å²) in [6.45, 7) is 4.15. The van der Waals surface area contributed by atoms with E-state index in [0.29, 0.717) is 6.04 Å².